The zero-order valence-corrected chi connectivity index (χ0v) is 9.71. The number of nitrogens with one attached hydrogen (secondary N) is 1. The summed E-state index contributed by atoms with van der Waals surface area (Å²) in [5.41, 5.74) is 1.07. The molecule has 2 aromatic rings. The van der Waals surface area contributed by atoms with Crippen LogP contribution in [0.25, 0.3) is 0 Å². The van der Waals surface area contributed by atoms with E-state index in [1.54, 1.807) is 0 Å². The van der Waals surface area contributed by atoms with E-state index >= 15 is 0 Å². The van der Waals surface area contributed by atoms with E-state index in [0.717, 1.165) is 30.6 Å². The van der Waals surface area contributed by atoms with Gasteiger partial charge in [-0.15, -0.1) is 0 Å². The van der Waals surface area contributed by atoms with E-state index < -0.39 is 0 Å². The van der Waals surface area contributed by atoms with Gasteiger partial charge in [0, 0.05) is 24.6 Å². The molecule has 0 amide bonds. The molecule has 0 saturated heterocycles. The van der Waals surface area contributed by atoms with Crippen LogP contribution in [0.2, 0.25) is 0 Å². The SMILES string of the molecule is c1ccc(Cn2ccnc2CNC2CC2)nc1. The Labute approximate surface area is 101 Å². The van der Waals surface area contributed by atoms with Crippen LogP contribution in [-0.4, -0.2) is 20.6 Å². The van der Waals surface area contributed by atoms with E-state index in [0.29, 0.717) is 0 Å². The molecule has 0 aliphatic heterocycles. The monoisotopic (exact) mass is 228 g/mol. The Bertz CT molecular complexity index is 473. The molecule has 1 N–H and O–H groups in total. The lowest BCUT2D eigenvalue weighted by atomic mass is 10.3. The van der Waals surface area contributed by atoms with Gasteiger partial charge in [0.15, 0.2) is 0 Å². The molecule has 3 rings (SSSR count). The molecule has 0 aromatic carbocycles. The number of hydrogen-bond donors (Lipinski definition) is 1. The quantitative estimate of drug-likeness (QED) is 0.845. The number of hydrogen-bond acceptors (Lipinski definition) is 3. The summed E-state index contributed by atoms with van der Waals surface area (Å²) in [5, 5.41) is 3.48. The number of pyridine rings is 1. The fourth-order valence-electron chi connectivity index (χ4n) is 1.84. The van der Waals surface area contributed by atoms with Gasteiger partial charge in [-0.05, 0) is 25.0 Å². The molecule has 0 unspecified atom stereocenters. The van der Waals surface area contributed by atoms with Crippen molar-refractivity contribution in [2.24, 2.45) is 0 Å². The molecule has 88 valence electrons. The summed E-state index contributed by atoms with van der Waals surface area (Å²) in [6.45, 7) is 1.65. The highest BCUT2D eigenvalue weighted by molar-refractivity contribution is 5.06. The topological polar surface area (TPSA) is 42.7 Å². The Kier molecular flexibility index (Phi) is 2.88. The van der Waals surface area contributed by atoms with Gasteiger partial charge < -0.3 is 9.88 Å². The van der Waals surface area contributed by atoms with Gasteiger partial charge in [-0.1, -0.05) is 6.07 Å². The first kappa shape index (κ1) is 10.5. The summed E-state index contributed by atoms with van der Waals surface area (Å²) < 4.78 is 2.15. The third-order valence-electron chi connectivity index (χ3n) is 2.99. The second-order valence-electron chi connectivity index (χ2n) is 4.45. The molecule has 4 heteroatoms. The second kappa shape index (κ2) is 4.67. The highest BCUT2D eigenvalue weighted by Gasteiger charge is 2.20. The van der Waals surface area contributed by atoms with Crippen LogP contribution in [0, 0.1) is 0 Å². The highest BCUT2D eigenvalue weighted by Crippen LogP contribution is 2.19. The molecule has 1 aliphatic carbocycles. The molecule has 1 fully saturated rings. The highest BCUT2D eigenvalue weighted by atomic mass is 15.1. The van der Waals surface area contributed by atoms with Crippen molar-refractivity contribution in [2.75, 3.05) is 0 Å². The van der Waals surface area contributed by atoms with Crippen LogP contribution >= 0.6 is 0 Å². The van der Waals surface area contributed by atoms with Crippen molar-refractivity contribution in [1.29, 1.82) is 0 Å². The molecule has 4 nitrogen and oxygen atoms in total. The predicted octanol–water partition coefficient (Wildman–Crippen LogP) is 1.58. The molecule has 1 aliphatic rings. The standard InChI is InChI=1S/C13H16N4/c1-2-6-14-12(3-1)10-17-8-7-15-13(17)9-16-11-4-5-11/h1-3,6-8,11,16H,4-5,9-10H2. The smallest absolute Gasteiger partial charge is 0.123 e. The molecule has 0 radical (unpaired) electrons. The van der Waals surface area contributed by atoms with Gasteiger partial charge >= 0.3 is 0 Å². The molecule has 1 saturated carbocycles. The van der Waals surface area contributed by atoms with Crippen LogP contribution in [-0.2, 0) is 13.1 Å². The minimum absolute atomic E-state index is 0.718. The number of nitrogens with zero attached hydrogens (tertiary/aromatic N) is 3. The lowest BCUT2D eigenvalue weighted by Crippen LogP contribution is -2.19. The molecular weight excluding hydrogens is 212 g/mol. The van der Waals surface area contributed by atoms with Crippen molar-refractivity contribution in [1.82, 2.24) is 19.9 Å². The molecule has 2 aromatic heterocycles. The average molecular weight is 228 g/mol. The van der Waals surface area contributed by atoms with Gasteiger partial charge in [0.25, 0.3) is 0 Å². The number of aromatic nitrogens is 3. The first-order chi connectivity index (χ1) is 8.42. The molecule has 0 spiro atoms. The van der Waals surface area contributed by atoms with Crippen molar-refractivity contribution in [3.63, 3.8) is 0 Å². The van der Waals surface area contributed by atoms with E-state index in [-0.39, 0.29) is 0 Å². The Morgan fingerprint density at radius 2 is 2.18 bits per heavy atom. The first-order valence-corrected chi connectivity index (χ1v) is 6.05. The summed E-state index contributed by atoms with van der Waals surface area (Å²) >= 11 is 0. The van der Waals surface area contributed by atoms with Crippen LogP contribution in [0.4, 0.5) is 0 Å². The summed E-state index contributed by atoms with van der Waals surface area (Å²) in [7, 11) is 0. The zero-order valence-electron chi connectivity index (χ0n) is 9.71. The zero-order chi connectivity index (χ0) is 11.5. The van der Waals surface area contributed by atoms with Crippen LogP contribution in [0.5, 0.6) is 0 Å². The largest absolute Gasteiger partial charge is 0.328 e. The van der Waals surface area contributed by atoms with Crippen molar-refractivity contribution in [2.45, 2.75) is 32.0 Å². The summed E-state index contributed by atoms with van der Waals surface area (Å²) in [4.78, 5) is 8.72. The maximum Gasteiger partial charge on any atom is 0.123 e. The van der Waals surface area contributed by atoms with Gasteiger partial charge in [-0.2, -0.15) is 0 Å². The minimum Gasteiger partial charge on any atom is -0.328 e. The summed E-state index contributed by atoms with van der Waals surface area (Å²) in [6.07, 6.45) is 8.31. The summed E-state index contributed by atoms with van der Waals surface area (Å²) in [6, 6.07) is 6.71. The first-order valence-electron chi connectivity index (χ1n) is 6.05. The Morgan fingerprint density at radius 1 is 1.24 bits per heavy atom. The Hall–Kier alpha value is -1.68. The second-order valence-corrected chi connectivity index (χ2v) is 4.45. The number of rotatable bonds is 5. The third kappa shape index (κ3) is 2.71. The van der Waals surface area contributed by atoms with Crippen LogP contribution < -0.4 is 5.32 Å². The minimum atomic E-state index is 0.718. The van der Waals surface area contributed by atoms with Gasteiger partial charge in [-0.25, -0.2) is 4.98 Å². The third-order valence-corrected chi connectivity index (χ3v) is 2.99. The van der Waals surface area contributed by atoms with E-state index in [1.807, 2.05) is 36.8 Å². The molecular formula is C13H16N4. The predicted molar refractivity (Wildman–Crippen MR) is 65.4 cm³/mol. The normalized spacial score (nSPS) is 15.1. The van der Waals surface area contributed by atoms with Crippen molar-refractivity contribution in [3.8, 4) is 0 Å². The van der Waals surface area contributed by atoms with Gasteiger partial charge in [0.2, 0.25) is 0 Å². The lowest BCUT2D eigenvalue weighted by molar-refractivity contribution is 0.615. The van der Waals surface area contributed by atoms with Gasteiger partial charge in [0.05, 0.1) is 18.8 Å². The van der Waals surface area contributed by atoms with Gasteiger partial charge in [-0.3, -0.25) is 4.98 Å². The van der Waals surface area contributed by atoms with Crippen molar-refractivity contribution < 1.29 is 0 Å². The maximum atomic E-state index is 4.38. The van der Waals surface area contributed by atoms with Crippen molar-refractivity contribution >= 4 is 0 Å². The van der Waals surface area contributed by atoms with E-state index in [2.05, 4.69) is 19.9 Å². The molecule has 0 atom stereocenters. The van der Waals surface area contributed by atoms with E-state index in [9.17, 15) is 0 Å². The Morgan fingerprint density at radius 3 is 2.94 bits per heavy atom. The maximum absolute atomic E-state index is 4.38. The van der Waals surface area contributed by atoms with Crippen molar-refractivity contribution in [3.05, 3.63) is 48.3 Å². The summed E-state index contributed by atoms with van der Waals surface area (Å²) in [5.74, 6) is 1.09. The molecule has 0 bridgehead atoms. The fraction of sp³-hybridized carbons (Fsp3) is 0.385. The van der Waals surface area contributed by atoms with Crippen LogP contribution in [0.3, 0.4) is 0 Å². The fourth-order valence-corrected chi connectivity index (χ4v) is 1.84. The Balaban J connectivity index is 1.67. The average Bonchev–Trinajstić information content (AvgIpc) is 3.09. The van der Waals surface area contributed by atoms with E-state index in [1.165, 1.54) is 12.8 Å². The van der Waals surface area contributed by atoms with E-state index in [4.69, 9.17) is 0 Å². The molecule has 2 heterocycles. The van der Waals surface area contributed by atoms with Crippen LogP contribution in [0.1, 0.15) is 24.4 Å². The lowest BCUT2D eigenvalue weighted by Gasteiger charge is -2.07. The number of imidazole rings is 1. The molecule has 17 heavy (non-hydrogen) atoms. The van der Waals surface area contributed by atoms with Crippen LogP contribution in [0.15, 0.2) is 36.8 Å². The van der Waals surface area contributed by atoms with Gasteiger partial charge in [0.1, 0.15) is 5.82 Å².